The predicted molar refractivity (Wildman–Crippen MR) is 97.9 cm³/mol. The summed E-state index contributed by atoms with van der Waals surface area (Å²) < 4.78 is 0. The van der Waals surface area contributed by atoms with E-state index in [4.69, 9.17) is 34.7 Å². The molecule has 2 aromatic heterocycles. The maximum absolute atomic E-state index is 5.62. The van der Waals surface area contributed by atoms with Crippen molar-refractivity contribution in [3.05, 3.63) is 59.1 Å². The molecule has 4 aromatic rings. The summed E-state index contributed by atoms with van der Waals surface area (Å²) in [5.74, 6) is 0.844. The summed E-state index contributed by atoms with van der Waals surface area (Å²) in [6, 6.07) is 14.9. The van der Waals surface area contributed by atoms with Crippen LogP contribution in [-0.2, 0) is 0 Å². The Hall–Kier alpha value is -2.70. The van der Waals surface area contributed by atoms with Crippen LogP contribution in [0.2, 0.25) is 10.6 Å². The first-order chi connectivity index (χ1) is 11.5. The summed E-state index contributed by atoms with van der Waals surface area (Å²) in [5, 5.41) is 2.04. The highest BCUT2D eigenvalue weighted by molar-refractivity contribution is 6.29. The molecule has 0 aliphatic carbocycles. The zero-order valence-electron chi connectivity index (χ0n) is 12.3. The molecule has 0 amide bonds. The Labute approximate surface area is 147 Å². The van der Waals surface area contributed by atoms with Gasteiger partial charge in [-0.05, 0) is 47.5 Å². The van der Waals surface area contributed by atoms with Crippen molar-refractivity contribution in [3.63, 3.8) is 0 Å². The third-order valence-electron chi connectivity index (χ3n) is 3.21. The number of aromatic nitrogens is 4. The van der Waals surface area contributed by atoms with Gasteiger partial charge in [-0.3, -0.25) is 0 Å². The molecule has 120 valence electrons. The van der Waals surface area contributed by atoms with Crippen LogP contribution < -0.4 is 11.5 Å². The second kappa shape index (κ2) is 6.82. The molecule has 0 atom stereocenters. The molecule has 2 aromatic carbocycles. The molecule has 0 fully saturated rings. The van der Waals surface area contributed by atoms with Crippen molar-refractivity contribution in [1.82, 2.24) is 19.9 Å². The van der Waals surface area contributed by atoms with Gasteiger partial charge in [-0.2, -0.15) is 0 Å². The van der Waals surface area contributed by atoms with E-state index in [1.54, 1.807) is 0 Å². The Bertz CT molecular complexity index is 938. The normalized spacial score (nSPS) is 10.4. The highest BCUT2D eigenvalue weighted by Gasteiger charge is 2.01. The van der Waals surface area contributed by atoms with Crippen molar-refractivity contribution in [3.8, 4) is 0 Å². The first-order valence-electron chi connectivity index (χ1n) is 6.90. The maximum Gasteiger partial charge on any atom is 0.224 e. The number of anilines is 2. The molecule has 4 rings (SSSR count). The number of hydrogen-bond acceptors (Lipinski definition) is 6. The van der Waals surface area contributed by atoms with Gasteiger partial charge in [0.1, 0.15) is 11.6 Å². The molecule has 6 nitrogen and oxygen atoms in total. The van der Waals surface area contributed by atoms with Crippen LogP contribution in [0.5, 0.6) is 0 Å². The number of nitrogens with two attached hydrogens (primary N) is 2. The highest BCUT2D eigenvalue weighted by Crippen LogP contribution is 2.19. The standard InChI is InChI=1S/2C8H6ClN3/c2*9-8-11-6-4-2-1-3-5(6)7(10)12-8/h2*1-4H,(H2,10,11,12). The minimum Gasteiger partial charge on any atom is -0.383 e. The molecule has 8 heteroatoms. The van der Waals surface area contributed by atoms with Crippen LogP contribution in [0.1, 0.15) is 0 Å². The fourth-order valence-corrected chi connectivity index (χ4v) is 2.51. The quantitative estimate of drug-likeness (QED) is 0.464. The number of hydrogen-bond donors (Lipinski definition) is 2. The van der Waals surface area contributed by atoms with Crippen LogP contribution in [0, 0.1) is 0 Å². The van der Waals surface area contributed by atoms with Gasteiger partial charge in [-0.15, -0.1) is 0 Å². The van der Waals surface area contributed by atoms with E-state index in [0.717, 1.165) is 21.8 Å². The average molecular weight is 359 g/mol. The van der Waals surface area contributed by atoms with E-state index in [-0.39, 0.29) is 10.6 Å². The molecule has 24 heavy (non-hydrogen) atoms. The highest BCUT2D eigenvalue weighted by atomic mass is 35.5. The topological polar surface area (TPSA) is 104 Å². The first kappa shape index (κ1) is 16.2. The number of nitrogens with zero attached hydrogens (tertiary/aromatic N) is 4. The van der Waals surface area contributed by atoms with E-state index >= 15 is 0 Å². The van der Waals surface area contributed by atoms with Crippen molar-refractivity contribution >= 4 is 56.6 Å². The molecule has 0 saturated carbocycles. The number of para-hydroxylation sites is 2. The second-order valence-corrected chi connectivity index (χ2v) is 5.47. The van der Waals surface area contributed by atoms with Crippen molar-refractivity contribution in [1.29, 1.82) is 0 Å². The minimum atomic E-state index is 0.186. The fourth-order valence-electron chi connectivity index (χ4n) is 2.14. The van der Waals surface area contributed by atoms with E-state index in [1.165, 1.54) is 0 Å². The fraction of sp³-hybridized carbons (Fsp3) is 0. The lowest BCUT2D eigenvalue weighted by Gasteiger charge is -1.99. The number of fused-ring (bicyclic) bond motifs is 2. The van der Waals surface area contributed by atoms with Crippen molar-refractivity contribution in [2.24, 2.45) is 0 Å². The van der Waals surface area contributed by atoms with Crippen LogP contribution in [0.25, 0.3) is 21.8 Å². The van der Waals surface area contributed by atoms with Crippen LogP contribution >= 0.6 is 23.2 Å². The van der Waals surface area contributed by atoms with Gasteiger partial charge in [-0.1, -0.05) is 24.3 Å². The van der Waals surface area contributed by atoms with Gasteiger partial charge in [0, 0.05) is 10.8 Å². The third kappa shape index (κ3) is 3.45. The maximum atomic E-state index is 5.62. The van der Waals surface area contributed by atoms with E-state index in [2.05, 4.69) is 19.9 Å². The van der Waals surface area contributed by atoms with Crippen molar-refractivity contribution in [2.45, 2.75) is 0 Å². The zero-order chi connectivity index (χ0) is 17.1. The second-order valence-electron chi connectivity index (χ2n) is 4.79. The summed E-state index contributed by atoms with van der Waals surface area (Å²) in [6.45, 7) is 0. The number of rotatable bonds is 0. The van der Waals surface area contributed by atoms with Crippen LogP contribution in [0.3, 0.4) is 0 Å². The molecule has 0 saturated heterocycles. The Kier molecular flexibility index (Phi) is 4.59. The van der Waals surface area contributed by atoms with Crippen molar-refractivity contribution < 1.29 is 0 Å². The molecule has 0 unspecified atom stereocenters. The third-order valence-corrected chi connectivity index (χ3v) is 3.55. The smallest absolute Gasteiger partial charge is 0.224 e. The summed E-state index contributed by atoms with van der Waals surface area (Å²) >= 11 is 11.2. The SMILES string of the molecule is Nc1nc(Cl)nc2ccccc12.Nc1nc(Cl)nc2ccccc12. The van der Waals surface area contributed by atoms with E-state index in [1.807, 2.05) is 48.5 Å². The van der Waals surface area contributed by atoms with E-state index < -0.39 is 0 Å². The molecule has 0 spiro atoms. The Morgan fingerprint density at radius 2 is 0.958 bits per heavy atom. The van der Waals surface area contributed by atoms with Gasteiger partial charge in [0.25, 0.3) is 0 Å². The van der Waals surface area contributed by atoms with Crippen molar-refractivity contribution in [2.75, 3.05) is 11.5 Å². The Morgan fingerprint density at radius 3 is 1.38 bits per heavy atom. The van der Waals surface area contributed by atoms with Gasteiger partial charge in [0.2, 0.25) is 10.6 Å². The summed E-state index contributed by atoms with van der Waals surface area (Å²) in [7, 11) is 0. The summed E-state index contributed by atoms with van der Waals surface area (Å²) in [5.41, 5.74) is 12.8. The lowest BCUT2D eigenvalue weighted by atomic mass is 10.2. The average Bonchev–Trinajstić information content (AvgIpc) is 2.55. The molecule has 0 radical (unpaired) electrons. The molecule has 0 aliphatic heterocycles. The summed E-state index contributed by atoms with van der Waals surface area (Å²) in [6.07, 6.45) is 0. The Morgan fingerprint density at radius 1 is 0.583 bits per heavy atom. The number of benzene rings is 2. The lowest BCUT2D eigenvalue weighted by Crippen LogP contribution is -1.94. The van der Waals surface area contributed by atoms with Gasteiger partial charge in [0.15, 0.2) is 0 Å². The van der Waals surface area contributed by atoms with Gasteiger partial charge < -0.3 is 11.5 Å². The molecule has 0 bridgehead atoms. The van der Waals surface area contributed by atoms with Crippen LogP contribution in [-0.4, -0.2) is 19.9 Å². The van der Waals surface area contributed by atoms with Gasteiger partial charge >= 0.3 is 0 Å². The lowest BCUT2D eigenvalue weighted by molar-refractivity contribution is 1.23. The number of nitrogen functional groups attached to an aromatic ring is 2. The van der Waals surface area contributed by atoms with E-state index in [9.17, 15) is 0 Å². The molecule has 2 heterocycles. The van der Waals surface area contributed by atoms with Crippen LogP contribution in [0.4, 0.5) is 11.6 Å². The molecule has 4 N–H and O–H groups in total. The zero-order valence-corrected chi connectivity index (χ0v) is 13.8. The van der Waals surface area contributed by atoms with Gasteiger partial charge in [-0.25, -0.2) is 19.9 Å². The predicted octanol–water partition coefficient (Wildman–Crippen LogP) is 3.73. The Balaban J connectivity index is 0.000000141. The monoisotopic (exact) mass is 358 g/mol. The molecular formula is C16H12Cl2N6. The minimum absolute atomic E-state index is 0.186. The molecular weight excluding hydrogens is 347 g/mol. The van der Waals surface area contributed by atoms with E-state index in [0.29, 0.717) is 11.6 Å². The number of halogens is 2. The van der Waals surface area contributed by atoms with Crippen LogP contribution in [0.15, 0.2) is 48.5 Å². The largest absolute Gasteiger partial charge is 0.383 e. The summed E-state index contributed by atoms with van der Waals surface area (Å²) in [4.78, 5) is 15.7. The van der Waals surface area contributed by atoms with Gasteiger partial charge in [0.05, 0.1) is 11.0 Å². The molecule has 0 aliphatic rings. The first-order valence-corrected chi connectivity index (χ1v) is 7.65.